The third kappa shape index (κ3) is 4.51. The van der Waals surface area contributed by atoms with Crippen molar-refractivity contribution < 1.29 is 18.7 Å². The van der Waals surface area contributed by atoms with Gasteiger partial charge in [0.1, 0.15) is 17.6 Å². The van der Waals surface area contributed by atoms with Crippen molar-refractivity contribution in [3.63, 3.8) is 0 Å². The molecule has 158 valence electrons. The fourth-order valence-electron chi connectivity index (χ4n) is 3.33. The van der Waals surface area contributed by atoms with Crippen LogP contribution in [0.15, 0.2) is 54.6 Å². The number of anilines is 1. The molecule has 0 saturated carbocycles. The van der Waals surface area contributed by atoms with Crippen molar-refractivity contribution in [1.82, 2.24) is 9.78 Å². The first-order chi connectivity index (χ1) is 14.9. The minimum absolute atomic E-state index is 0.226. The molecule has 0 bridgehead atoms. The maximum atomic E-state index is 13.1. The van der Waals surface area contributed by atoms with Crippen LogP contribution in [0.5, 0.6) is 0 Å². The number of rotatable bonds is 6. The third-order valence-corrected chi connectivity index (χ3v) is 5.36. The number of hydrogen-bond acceptors (Lipinski definition) is 4. The van der Waals surface area contributed by atoms with Crippen LogP contribution < -0.4 is 4.90 Å². The Morgan fingerprint density at radius 2 is 2.03 bits per heavy atom. The third-order valence-electron chi connectivity index (χ3n) is 4.96. The highest BCUT2D eigenvalue weighted by atomic mass is 35.5. The molecule has 1 aliphatic heterocycles. The molecule has 0 radical (unpaired) electrons. The van der Waals surface area contributed by atoms with Crippen LogP contribution in [-0.4, -0.2) is 34.8 Å². The van der Waals surface area contributed by atoms with Gasteiger partial charge in [0.2, 0.25) is 0 Å². The molecule has 1 aliphatic rings. The summed E-state index contributed by atoms with van der Waals surface area (Å²) in [5.74, 6) is -0.532. The van der Waals surface area contributed by atoms with Crippen LogP contribution in [0, 0.1) is 12.7 Å². The molecule has 1 amide bonds. The fraction of sp³-hybridized carbons (Fsp3) is 0.174. The molecule has 2 heterocycles. The molecule has 6 nitrogen and oxygen atoms in total. The quantitative estimate of drug-likeness (QED) is 0.405. The predicted molar refractivity (Wildman–Crippen MR) is 116 cm³/mol. The van der Waals surface area contributed by atoms with Gasteiger partial charge in [-0.3, -0.25) is 9.69 Å². The van der Waals surface area contributed by atoms with Gasteiger partial charge in [-0.2, -0.15) is 5.10 Å². The Hall–Kier alpha value is -3.45. The summed E-state index contributed by atoms with van der Waals surface area (Å²) in [6, 6.07) is 12.9. The first-order valence-electron chi connectivity index (χ1n) is 9.66. The number of benzene rings is 2. The number of halogens is 2. The zero-order valence-electron chi connectivity index (χ0n) is 16.7. The largest absolute Gasteiger partial charge is 0.447 e. The molecule has 0 aliphatic carbocycles. The summed E-state index contributed by atoms with van der Waals surface area (Å²) in [5, 5.41) is 4.81. The summed E-state index contributed by atoms with van der Waals surface area (Å²) in [6.45, 7) is 2.97. The highest BCUT2D eigenvalue weighted by molar-refractivity contribution is 6.31. The maximum absolute atomic E-state index is 13.1. The number of aromatic nitrogens is 2. The van der Waals surface area contributed by atoms with Crippen LogP contribution >= 0.6 is 11.6 Å². The second-order valence-corrected chi connectivity index (χ2v) is 7.45. The van der Waals surface area contributed by atoms with E-state index in [0.717, 1.165) is 5.56 Å². The lowest BCUT2D eigenvalue weighted by Crippen LogP contribution is -2.23. The van der Waals surface area contributed by atoms with Crippen molar-refractivity contribution in [3.8, 4) is 0 Å². The van der Waals surface area contributed by atoms with Crippen molar-refractivity contribution >= 4 is 35.2 Å². The Morgan fingerprint density at radius 3 is 2.74 bits per heavy atom. The Balaban J connectivity index is 1.52. The van der Waals surface area contributed by atoms with Gasteiger partial charge in [0, 0.05) is 16.8 Å². The molecule has 8 heteroatoms. The molecule has 4 rings (SSSR count). The molecule has 1 aromatic heterocycles. The van der Waals surface area contributed by atoms with Gasteiger partial charge < -0.3 is 4.74 Å². The minimum Gasteiger partial charge on any atom is -0.447 e. The van der Waals surface area contributed by atoms with Gasteiger partial charge in [-0.15, -0.1) is 0 Å². The minimum atomic E-state index is -0.420. The van der Waals surface area contributed by atoms with E-state index in [9.17, 15) is 14.0 Å². The molecule has 2 aromatic carbocycles. The summed E-state index contributed by atoms with van der Waals surface area (Å²) in [6.07, 6.45) is 2.64. The van der Waals surface area contributed by atoms with Gasteiger partial charge >= 0.3 is 6.09 Å². The number of hydrogen-bond donors (Lipinski definition) is 0. The standard InChI is InChI=1S/C23H19ClFN3O3/c1-15-20(22(24)28(26-15)14-16-5-7-18(25)8-6-16)9-10-21(29)17-3-2-4-19(13-17)27-11-12-31-23(27)30/h2-10,13H,11-12,14H2,1H3. The lowest BCUT2D eigenvalue weighted by Gasteiger charge is -2.13. The number of cyclic esters (lactones) is 1. The van der Waals surface area contributed by atoms with Crippen molar-refractivity contribution in [2.45, 2.75) is 13.5 Å². The van der Waals surface area contributed by atoms with E-state index in [2.05, 4.69) is 5.10 Å². The molecule has 0 N–H and O–H groups in total. The molecule has 31 heavy (non-hydrogen) atoms. The molecular weight excluding hydrogens is 421 g/mol. The Morgan fingerprint density at radius 1 is 1.26 bits per heavy atom. The van der Waals surface area contributed by atoms with Crippen molar-refractivity contribution in [2.75, 3.05) is 18.1 Å². The predicted octanol–water partition coefficient (Wildman–Crippen LogP) is 4.89. The van der Waals surface area contributed by atoms with E-state index < -0.39 is 6.09 Å². The van der Waals surface area contributed by atoms with E-state index in [1.54, 1.807) is 54.1 Å². The SMILES string of the molecule is Cc1nn(Cc2ccc(F)cc2)c(Cl)c1C=CC(=O)c1cccc(N2CCOC2=O)c1. The van der Waals surface area contributed by atoms with E-state index >= 15 is 0 Å². The van der Waals surface area contributed by atoms with Crippen LogP contribution in [0.3, 0.4) is 0 Å². The van der Waals surface area contributed by atoms with Gasteiger partial charge in [-0.1, -0.05) is 35.9 Å². The van der Waals surface area contributed by atoms with Crippen molar-refractivity contribution in [3.05, 3.63) is 88.0 Å². The average Bonchev–Trinajstić information content (AvgIpc) is 3.31. The first kappa shape index (κ1) is 20.8. The molecule has 1 fully saturated rings. The molecular formula is C23H19ClFN3O3. The fourth-order valence-corrected chi connectivity index (χ4v) is 3.63. The van der Waals surface area contributed by atoms with Gasteiger partial charge in [-0.25, -0.2) is 13.9 Å². The van der Waals surface area contributed by atoms with E-state index in [0.29, 0.717) is 47.4 Å². The number of ketones is 1. The van der Waals surface area contributed by atoms with Crippen LogP contribution in [0.1, 0.15) is 27.2 Å². The smallest absolute Gasteiger partial charge is 0.414 e. The normalized spacial score (nSPS) is 13.8. The Kier molecular flexibility index (Phi) is 5.86. The number of ether oxygens (including phenoxy) is 1. The number of amides is 1. The van der Waals surface area contributed by atoms with Crippen LogP contribution in [0.4, 0.5) is 14.9 Å². The molecule has 1 saturated heterocycles. The summed E-state index contributed by atoms with van der Waals surface area (Å²) in [4.78, 5) is 25.9. The van der Waals surface area contributed by atoms with Crippen molar-refractivity contribution in [1.29, 1.82) is 0 Å². The van der Waals surface area contributed by atoms with Gasteiger partial charge in [0.15, 0.2) is 5.78 Å². The summed E-state index contributed by atoms with van der Waals surface area (Å²) < 4.78 is 19.7. The molecule has 3 aromatic rings. The number of carbonyl (C=O) groups excluding carboxylic acids is 2. The first-order valence-corrected chi connectivity index (χ1v) is 10.0. The highest BCUT2D eigenvalue weighted by Crippen LogP contribution is 2.24. The van der Waals surface area contributed by atoms with Crippen LogP contribution in [0.2, 0.25) is 5.15 Å². The van der Waals surface area contributed by atoms with E-state index in [4.69, 9.17) is 16.3 Å². The monoisotopic (exact) mass is 439 g/mol. The van der Waals surface area contributed by atoms with Crippen LogP contribution in [0.25, 0.3) is 6.08 Å². The zero-order chi connectivity index (χ0) is 22.0. The molecule has 0 spiro atoms. The lowest BCUT2D eigenvalue weighted by atomic mass is 10.1. The Labute approximate surface area is 183 Å². The zero-order valence-corrected chi connectivity index (χ0v) is 17.5. The summed E-state index contributed by atoms with van der Waals surface area (Å²) in [7, 11) is 0. The summed E-state index contributed by atoms with van der Waals surface area (Å²) >= 11 is 6.47. The Bertz CT molecular complexity index is 1170. The second kappa shape index (κ2) is 8.73. The topological polar surface area (TPSA) is 64.4 Å². The van der Waals surface area contributed by atoms with Crippen molar-refractivity contribution in [2.24, 2.45) is 0 Å². The highest BCUT2D eigenvalue weighted by Gasteiger charge is 2.24. The van der Waals surface area contributed by atoms with E-state index in [1.165, 1.54) is 23.1 Å². The molecule has 0 atom stereocenters. The second-order valence-electron chi connectivity index (χ2n) is 7.09. The average molecular weight is 440 g/mol. The van der Waals surface area contributed by atoms with E-state index in [-0.39, 0.29) is 11.6 Å². The molecule has 0 unspecified atom stereocenters. The number of aryl methyl sites for hydroxylation is 1. The maximum Gasteiger partial charge on any atom is 0.414 e. The lowest BCUT2D eigenvalue weighted by molar-refractivity contribution is 0.104. The van der Waals surface area contributed by atoms with E-state index in [1.807, 2.05) is 0 Å². The summed E-state index contributed by atoms with van der Waals surface area (Å²) in [5.41, 5.74) is 3.22. The number of carbonyl (C=O) groups is 2. The number of allylic oxidation sites excluding steroid dienone is 1. The van der Waals surface area contributed by atoms with Gasteiger partial charge in [0.25, 0.3) is 0 Å². The van der Waals surface area contributed by atoms with Crippen LogP contribution in [-0.2, 0) is 11.3 Å². The number of nitrogens with zero attached hydrogens (tertiary/aromatic N) is 3. The van der Waals surface area contributed by atoms with Gasteiger partial charge in [0.05, 0.1) is 18.8 Å². The van der Waals surface area contributed by atoms with Gasteiger partial charge in [-0.05, 0) is 48.9 Å².